The first-order valence-corrected chi connectivity index (χ1v) is 7.54. The topological polar surface area (TPSA) is 58.2 Å². The van der Waals surface area contributed by atoms with Gasteiger partial charge in [0.05, 0.1) is 5.75 Å². The molecular formula is C12H19FN2O2S. The molecule has 0 radical (unpaired) electrons. The van der Waals surface area contributed by atoms with Gasteiger partial charge < -0.3 is 5.32 Å². The van der Waals surface area contributed by atoms with Gasteiger partial charge in [-0.25, -0.2) is 12.8 Å². The summed E-state index contributed by atoms with van der Waals surface area (Å²) in [7, 11) is -3.36. The summed E-state index contributed by atoms with van der Waals surface area (Å²) < 4.78 is 38.5. The van der Waals surface area contributed by atoms with E-state index < -0.39 is 10.0 Å². The van der Waals surface area contributed by atoms with Crippen LogP contribution in [0, 0.1) is 5.82 Å². The summed E-state index contributed by atoms with van der Waals surface area (Å²) in [6, 6.07) is 5.59. The van der Waals surface area contributed by atoms with Gasteiger partial charge in [-0.1, -0.05) is 13.8 Å². The van der Waals surface area contributed by atoms with E-state index in [1.165, 1.54) is 24.3 Å². The molecule has 0 atom stereocenters. The molecule has 1 aromatic carbocycles. The van der Waals surface area contributed by atoms with Gasteiger partial charge in [0.1, 0.15) is 5.82 Å². The lowest BCUT2D eigenvalue weighted by Gasteiger charge is -2.10. The molecule has 0 aromatic heterocycles. The molecule has 0 amide bonds. The van der Waals surface area contributed by atoms with Crippen LogP contribution in [0.3, 0.4) is 0 Å². The number of nitrogens with one attached hydrogen (secondary N) is 2. The fourth-order valence-corrected chi connectivity index (χ4v) is 2.52. The Balaban J connectivity index is 2.42. The van der Waals surface area contributed by atoms with Gasteiger partial charge in [-0.05, 0) is 37.2 Å². The predicted molar refractivity (Wildman–Crippen MR) is 71.6 cm³/mol. The van der Waals surface area contributed by atoms with Crippen molar-refractivity contribution in [3.8, 4) is 0 Å². The van der Waals surface area contributed by atoms with Gasteiger partial charge in [-0.2, -0.15) is 0 Å². The smallest absolute Gasteiger partial charge is 0.232 e. The van der Waals surface area contributed by atoms with E-state index in [4.69, 9.17) is 0 Å². The van der Waals surface area contributed by atoms with Crippen LogP contribution < -0.4 is 10.0 Å². The van der Waals surface area contributed by atoms with Gasteiger partial charge in [0, 0.05) is 11.7 Å². The highest BCUT2D eigenvalue weighted by atomic mass is 32.2. The molecular weight excluding hydrogens is 255 g/mol. The standard InChI is InChI=1S/C12H19FN2O2S/c1-10(2)14-8-3-9-18(16,17)15-12-6-4-11(13)5-7-12/h4-7,10,14-15H,3,8-9H2,1-2H3. The molecule has 0 aliphatic heterocycles. The SMILES string of the molecule is CC(C)NCCCS(=O)(=O)Nc1ccc(F)cc1. The van der Waals surface area contributed by atoms with Crippen LogP contribution in [0.4, 0.5) is 10.1 Å². The second-order valence-electron chi connectivity index (χ2n) is 4.39. The maximum absolute atomic E-state index is 12.7. The van der Waals surface area contributed by atoms with Crippen LogP contribution >= 0.6 is 0 Å². The molecule has 0 spiro atoms. The van der Waals surface area contributed by atoms with Crippen LogP contribution in [0.25, 0.3) is 0 Å². The first-order valence-electron chi connectivity index (χ1n) is 5.88. The zero-order valence-corrected chi connectivity index (χ0v) is 11.4. The van der Waals surface area contributed by atoms with Gasteiger partial charge in [0.25, 0.3) is 0 Å². The lowest BCUT2D eigenvalue weighted by molar-refractivity contribution is 0.571. The number of hydrogen-bond acceptors (Lipinski definition) is 3. The van der Waals surface area contributed by atoms with Crippen molar-refractivity contribution in [1.82, 2.24) is 5.32 Å². The van der Waals surface area contributed by atoms with Gasteiger partial charge >= 0.3 is 0 Å². The van der Waals surface area contributed by atoms with Crippen LogP contribution in [0.1, 0.15) is 20.3 Å². The molecule has 102 valence electrons. The van der Waals surface area contributed by atoms with E-state index >= 15 is 0 Å². The maximum Gasteiger partial charge on any atom is 0.232 e. The lowest BCUT2D eigenvalue weighted by atomic mass is 10.3. The van der Waals surface area contributed by atoms with Gasteiger partial charge in [0.15, 0.2) is 0 Å². The van der Waals surface area contributed by atoms with Crippen LogP contribution in [-0.4, -0.2) is 26.8 Å². The Morgan fingerprint density at radius 1 is 1.22 bits per heavy atom. The van der Waals surface area contributed by atoms with E-state index in [9.17, 15) is 12.8 Å². The molecule has 0 saturated carbocycles. The first-order chi connectivity index (χ1) is 8.39. The van der Waals surface area contributed by atoms with Gasteiger partial charge in [-0.3, -0.25) is 4.72 Å². The van der Waals surface area contributed by atoms with E-state index in [0.717, 1.165) is 0 Å². The molecule has 1 rings (SSSR count). The second-order valence-corrected chi connectivity index (χ2v) is 6.23. The summed E-state index contributed by atoms with van der Waals surface area (Å²) >= 11 is 0. The molecule has 0 bridgehead atoms. The van der Waals surface area contributed by atoms with Crippen LogP contribution in [-0.2, 0) is 10.0 Å². The van der Waals surface area contributed by atoms with E-state index in [2.05, 4.69) is 10.0 Å². The molecule has 2 N–H and O–H groups in total. The Bertz CT molecular complexity index is 457. The molecule has 0 aliphatic rings. The Hall–Kier alpha value is -1.14. The molecule has 6 heteroatoms. The Morgan fingerprint density at radius 2 is 1.83 bits per heavy atom. The summed E-state index contributed by atoms with van der Waals surface area (Å²) in [5, 5.41) is 3.15. The number of sulfonamides is 1. The number of rotatable bonds is 7. The minimum atomic E-state index is -3.36. The molecule has 0 unspecified atom stereocenters. The summed E-state index contributed by atoms with van der Waals surface area (Å²) in [6.45, 7) is 4.67. The van der Waals surface area contributed by atoms with Crippen molar-refractivity contribution in [3.63, 3.8) is 0 Å². The van der Waals surface area contributed by atoms with E-state index in [-0.39, 0.29) is 11.6 Å². The molecule has 0 saturated heterocycles. The predicted octanol–water partition coefficient (Wildman–Crippen LogP) is 1.96. The zero-order chi connectivity index (χ0) is 13.6. The number of benzene rings is 1. The van der Waals surface area contributed by atoms with Crippen molar-refractivity contribution >= 4 is 15.7 Å². The highest BCUT2D eigenvalue weighted by molar-refractivity contribution is 7.92. The first kappa shape index (κ1) is 14.9. The number of hydrogen-bond donors (Lipinski definition) is 2. The summed E-state index contributed by atoms with van der Waals surface area (Å²) in [5.41, 5.74) is 0.383. The van der Waals surface area contributed by atoms with Crippen LogP contribution in [0.15, 0.2) is 24.3 Å². The molecule has 0 fully saturated rings. The third-order valence-electron chi connectivity index (χ3n) is 2.26. The summed E-state index contributed by atoms with van der Waals surface area (Å²) in [6.07, 6.45) is 0.536. The number of anilines is 1. The van der Waals surface area contributed by atoms with Crippen molar-refractivity contribution < 1.29 is 12.8 Å². The lowest BCUT2D eigenvalue weighted by Crippen LogP contribution is -2.26. The molecule has 0 aliphatic carbocycles. The van der Waals surface area contributed by atoms with Crippen molar-refractivity contribution in [1.29, 1.82) is 0 Å². The largest absolute Gasteiger partial charge is 0.314 e. The third kappa shape index (κ3) is 5.97. The Kier molecular flexibility index (Phi) is 5.55. The molecule has 1 aromatic rings. The zero-order valence-electron chi connectivity index (χ0n) is 10.6. The maximum atomic E-state index is 12.7. The Morgan fingerprint density at radius 3 is 2.39 bits per heavy atom. The van der Waals surface area contributed by atoms with Crippen molar-refractivity contribution in [2.75, 3.05) is 17.0 Å². The molecule has 0 heterocycles. The van der Waals surface area contributed by atoms with Crippen molar-refractivity contribution in [2.45, 2.75) is 26.3 Å². The molecule has 4 nitrogen and oxygen atoms in total. The van der Waals surface area contributed by atoms with E-state index in [1.54, 1.807) is 0 Å². The highest BCUT2D eigenvalue weighted by Gasteiger charge is 2.09. The monoisotopic (exact) mass is 274 g/mol. The third-order valence-corrected chi connectivity index (χ3v) is 3.63. The van der Waals surface area contributed by atoms with Crippen molar-refractivity contribution in [3.05, 3.63) is 30.1 Å². The fourth-order valence-electron chi connectivity index (χ4n) is 1.40. The van der Waals surface area contributed by atoms with Crippen molar-refractivity contribution in [2.24, 2.45) is 0 Å². The Labute approximate surface area is 108 Å². The van der Waals surface area contributed by atoms with Gasteiger partial charge in [-0.15, -0.1) is 0 Å². The average molecular weight is 274 g/mol. The van der Waals surface area contributed by atoms with Gasteiger partial charge in [0.2, 0.25) is 10.0 Å². The minimum absolute atomic E-state index is 0.0457. The second kappa shape index (κ2) is 6.70. The normalized spacial score (nSPS) is 11.8. The van der Waals surface area contributed by atoms with Crippen LogP contribution in [0.2, 0.25) is 0 Å². The molecule has 18 heavy (non-hydrogen) atoms. The minimum Gasteiger partial charge on any atom is -0.314 e. The van der Waals surface area contributed by atoms with E-state index in [0.29, 0.717) is 24.7 Å². The highest BCUT2D eigenvalue weighted by Crippen LogP contribution is 2.10. The number of halogens is 1. The summed E-state index contributed by atoms with van der Waals surface area (Å²) in [5.74, 6) is -0.344. The quantitative estimate of drug-likeness (QED) is 0.747. The summed E-state index contributed by atoms with van der Waals surface area (Å²) in [4.78, 5) is 0. The van der Waals surface area contributed by atoms with E-state index in [1.807, 2.05) is 13.8 Å². The fraction of sp³-hybridized carbons (Fsp3) is 0.500. The van der Waals surface area contributed by atoms with Crippen LogP contribution in [0.5, 0.6) is 0 Å². The average Bonchev–Trinajstić information content (AvgIpc) is 2.27.